The summed E-state index contributed by atoms with van der Waals surface area (Å²) >= 11 is 12.7. The summed E-state index contributed by atoms with van der Waals surface area (Å²) in [7, 11) is 0. The molecule has 0 amide bonds. The molecule has 0 radical (unpaired) electrons. The van der Waals surface area contributed by atoms with E-state index in [1.54, 1.807) is 0 Å². The van der Waals surface area contributed by atoms with Crippen LogP contribution in [0.5, 0.6) is 0 Å². The fourth-order valence-electron chi connectivity index (χ4n) is 4.94. The minimum Gasteiger partial charge on any atom is -0.365 e. The van der Waals surface area contributed by atoms with Crippen molar-refractivity contribution in [2.24, 2.45) is 5.92 Å². The minimum atomic E-state index is -0.00603. The molecular formula is C23H25Cl2N3O. The van der Waals surface area contributed by atoms with Gasteiger partial charge in [0.1, 0.15) is 6.29 Å². The van der Waals surface area contributed by atoms with Gasteiger partial charge in [0.15, 0.2) is 0 Å². The van der Waals surface area contributed by atoms with Crippen LogP contribution in [0.25, 0.3) is 0 Å². The van der Waals surface area contributed by atoms with Crippen LogP contribution in [0.4, 0.5) is 11.4 Å². The molecule has 1 saturated carbocycles. The molecule has 5 rings (SSSR count). The second-order valence-electron chi connectivity index (χ2n) is 8.32. The Bertz CT molecular complexity index is 917. The van der Waals surface area contributed by atoms with Crippen LogP contribution in [-0.4, -0.2) is 43.0 Å². The Morgan fingerprint density at radius 3 is 2.38 bits per heavy atom. The highest BCUT2D eigenvalue weighted by molar-refractivity contribution is 6.33. The number of likely N-dealkylation sites (tertiary alicyclic amines) is 1. The molecule has 0 N–H and O–H groups in total. The number of fused-ring (bicyclic) bond motifs is 1. The molecule has 2 aromatic carbocycles. The molecule has 0 spiro atoms. The van der Waals surface area contributed by atoms with Gasteiger partial charge in [-0.2, -0.15) is 0 Å². The SMILES string of the molecule is O=CC1CCN(Cc2cc(Cl)ccc2Cl)C1N1CCN(C2CC2)c2ccccc21. The van der Waals surface area contributed by atoms with Crippen molar-refractivity contribution in [1.29, 1.82) is 0 Å². The first-order valence-corrected chi connectivity index (χ1v) is 11.2. The number of para-hydroxylation sites is 2. The lowest BCUT2D eigenvalue weighted by atomic mass is 10.0. The predicted octanol–water partition coefficient (Wildman–Crippen LogP) is 4.83. The molecule has 2 fully saturated rings. The number of nitrogens with zero attached hydrogens (tertiary/aromatic N) is 3. The third-order valence-electron chi connectivity index (χ3n) is 6.45. The lowest BCUT2D eigenvalue weighted by Crippen LogP contribution is -2.53. The van der Waals surface area contributed by atoms with Gasteiger partial charge in [-0.3, -0.25) is 4.90 Å². The van der Waals surface area contributed by atoms with Gasteiger partial charge in [-0.15, -0.1) is 0 Å². The second kappa shape index (κ2) is 7.82. The van der Waals surface area contributed by atoms with Crippen molar-refractivity contribution in [2.75, 3.05) is 29.4 Å². The Labute approximate surface area is 182 Å². The molecule has 6 heteroatoms. The predicted molar refractivity (Wildman–Crippen MR) is 119 cm³/mol. The second-order valence-corrected chi connectivity index (χ2v) is 9.16. The van der Waals surface area contributed by atoms with E-state index in [1.165, 1.54) is 24.2 Å². The molecule has 2 aromatic rings. The Morgan fingerprint density at radius 1 is 0.931 bits per heavy atom. The quantitative estimate of drug-likeness (QED) is 0.635. The van der Waals surface area contributed by atoms with Crippen molar-refractivity contribution in [3.8, 4) is 0 Å². The van der Waals surface area contributed by atoms with Gasteiger partial charge < -0.3 is 14.6 Å². The van der Waals surface area contributed by atoms with Crippen LogP contribution in [0, 0.1) is 5.92 Å². The molecule has 1 aliphatic carbocycles. The highest BCUT2D eigenvalue weighted by Gasteiger charge is 2.42. The summed E-state index contributed by atoms with van der Waals surface area (Å²) in [6, 6.07) is 14.9. The maximum atomic E-state index is 12.0. The summed E-state index contributed by atoms with van der Waals surface area (Å²) in [5, 5.41) is 1.41. The highest BCUT2D eigenvalue weighted by Crippen LogP contribution is 2.43. The summed E-state index contributed by atoms with van der Waals surface area (Å²) in [6.45, 7) is 3.51. The lowest BCUT2D eigenvalue weighted by Gasteiger charge is -2.45. The van der Waals surface area contributed by atoms with Crippen LogP contribution >= 0.6 is 23.2 Å². The van der Waals surface area contributed by atoms with E-state index in [1.807, 2.05) is 18.2 Å². The van der Waals surface area contributed by atoms with Gasteiger partial charge in [0.2, 0.25) is 0 Å². The molecule has 1 saturated heterocycles. The van der Waals surface area contributed by atoms with Gasteiger partial charge in [0, 0.05) is 48.2 Å². The number of hydrogen-bond donors (Lipinski definition) is 0. The first-order valence-electron chi connectivity index (χ1n) is 10.4. The van der Waals surface area contributed by atoms with Crippen molar-refractivity contribution >= 4 is 40.9 Å². The van der Waals surface area contributed by atoms with Gasteiger partial charge in [0.25, 0.3) is 0 Å². The van der Waals surface area contributed by atoms with E-state index in [0.717, 1.165) is 42.9 Å². The fraction of sp³-hybridized carbons (Fsp3) is 0.435. The van der Waals surface area contributed by atoms with E-state index in [4.69, 9.17) is 23.2 Å². The van der Waals surface area contributed by atoms with E-state index in [2.05, 4.69) is 39.0 Å². The van der Waals surface area contributed by atoms with Crippen molar-refractivity contribution in [3.63, 3.8) is 0 Å². The van der Waals surface area contributed by atoms with Crippen LogP contribution in [0.15, 0.2) is 42.5 Å². The summed E-state index contributed by atoms with van der Waals surface area (Å²) in [5.74, 6) is -0.00603. The Kier molecular flexibility index (Phi) is 5.19. The van der Waals surface area contributed by atoms with Crippen LogP contribution < -0.4 is 9.80 Å². The topological polar surface area (TPSA) is 26.8 Å². The summed E-state index contributed by atoms with van der Waals surface area (Å²) in [4.78, 5) is 19.3. The highest BCUT2D eigenvalue weighted by atomic mass is 35.5. The molecule has 2 heterocycles. The van der Waals surface area contributed by atoms with Crippen LogP contribution in [0.1, 0.15) is 24.8 Å². The number of carbonyl (C=O) groups is 1. The smallest absolute Gasteiger partial charge is 0.126 e. The molecule has 29 heavy (non-hydrogen) atoms. The first kappa shape index (κ1) is 19.2. The van der Waals surface area contributed by atoms with E-state index >= 15 is 0 Å². The Morgan fingerprint density at radius 2 is 1.66 bits per heavy atom. The Balaban J connectivity index is 1.47. The molecule has 3 aliphatic rings. The molecule has 0 aromatic heterocycles. The van der Waals surface area contributed by atoms with Crippen molar-refractivity contribution in [2.45, 2.75) is 38.0 Å². The number of aldehydes is 1. The number of anilines is 2. The molecule has 152 valence electrons. The van der Waals surface area contributed by atoms with E-state index < -0.39 is 0 Å². The summed E-state index contributed by atoms with van der Waals surface area (Å²) in [6.07, 6.45) is 4.63. The Hall–Kier alpha value is -1.75. The number of benzene rings is 2. The average Bonchev–Trinajstić information content (AvgIpc) is 3.50. The molecule has 2 aliphatic heterocycles. The largest absolute Gasteiger partial charge is 0.365 e. The van der Waals surface area contributed by atoms with Crippen molar-refractivity contribution in [3.05, 3.63) is 58.1 Å². The number of rotatable bonds is 5. The van der Waals surface area contributed by atoms with Gasteiger partial charge in [0.05, 0.1) is 17.5 Å². The zero-order valence-electron chi connectivity index (χ0n) is 16.3. The minimum absolute atomic E-state index is 0.00603. The van der Waals surface area contributed by atoms with Crippen LogP contribution in [-0.2, 0) is 11.3 Å². The summed E-state index contributed by atoms with van der Waals surface area (Å²) < 4.78 is 0. The van der Waals surface area contributed by atoms with E-state index in [-0.39, 0.29) is 12.1 Å². The molecule has 0 bridgehead atoms. The maximum absolute atomic E-state index is 12.0. The fourth-order valence-corrected chi connectivity index (χ4v) is 5.31. The lowest BCUT2D eigenvalue weighted by molar-refractivity contribution is -0.111. The van der Waals surface area contributed by atoms with Gasteiger partial charge in [-0.1, -0.05) is 35.3 Å². The van der Waals surface area contributed by atoms with Gasteiger partial charge in [-0.05, 0) is 55.2 Å². The van der Waals surface area contributed by atoms with Crippen molar-refractivity contribution in [1.82, 2.24) is 4.90 Å². The van der Waals surface area contributed by atoms with E-state index in [9.17, 15) is 4.79 Å². The monoisotopic (exact) mass is 429 g/mol. The number of carbonyl (C=O) groups excluding carboxylic acids is 1. The van der Waals surface area contributed by atoms with Gasteiger partial charge in [-0.25, -0.2) is 0 Å². The van der Waals surface area contributed by atoms with Crippen LogP contribution in [0.3, 0.4) is 0 Å². The summed E-state index contributed by atoms with van der Waals surface area (Å²) in [5.41, 5.74) is 3.56. The van der Waals surface area contributed by atoms with Crippen molar-refractivity contribution < 1.29 is 4.79 Å². The molecule has 2 atom stereocenters. The molecule has 4 nitrogen and oxygen atoms in total. The standard InChI is InChI=1S/C23H25Cl2N3O/c24-18-5-8-20(25)17(13-18)14-26-10-9-16(15-29)23(26)28-12-11-27(19-6-7-19)21-3-1-2-4-22(21)28/h1-5,8,13,15-16,19,23H,6-7,9-12,14H2. The third-order valence-corrected chi connectivity index (χ3v) is 7.06. The molecule has 2 unspecified atom stereocenters. The maximum Gasteiger partial charge on any atom is 0.126 e. The molecular weight excluding hydrogens is 405 g/mol. The number of hydrogen-bond acceptors (Lipinski definition) is 4. The van der Waals surface area contributed by atoms with Gasteiger partial charge >= 0.3 is 0 Å². The first-order chi connectivity index (χ1) is 14.2. The zero-order chi connectivity index (χ0) is 20.0. The zero-order valence-corrected chi connectivity index (χ0v) is 17.8. The van der Waals surface area contributed by atoms with Crippen LogP contribution in [0.2, 0.25) is 10.0 Å². The number of halogens is 2. The van der Waals surface area contributed by atoms with E-state index in [0.29, 0.717) is 17.6 Å². The average molecular weight is 430 g/mol. The third kappa shape index (κ3) is 3.63. The normalized spacial score (nSPS) is 24.6.